The zero-order valence-electron chi connectivity index (χ0n) is 18.5. The number of carbonyl (C=O) groups is 2. The van der Waals surface area contributed by atoms with Crippen LogP contribution < -0.4 is 0 Å². The molecule has 1 N–H and O–H groups in total. The standard InChI is InChI=1S/C16H13ClO4S.C6H11NO5/c1-22(20,21)12-8-6-11(7-9-12)10-14(16(18)19)13-4-2-3-5-15(13)17;1-2-11-3-4-12-6(8)5-7(9)10/h2-10H,1H3,(H,18,19);2-5H2,1H3/b14-10+;. The summed E-state index contributed by atoms with van der Waals surface area (Å²) in [5, 5.41) is 19.5. The molecule has 12 heteroatoms. The predicted molar refractivity (Wildman–Crippen MR) is 126 cm³/mol. The van der Waals surface area contributed by atoms with Crippen LogP contribution in [0.3, 0.4) is 0 Å². The predicted octanol–water partition coefficient (Wildman–Crippen LogP) is 3.21. The van der Waals surface area contributed by atoms with Crippen LogP contribution in [0.5, 0.6) is 0 Å². The van der Waals surface area contributed by atoms with Gasteiger partial charge in [-0.25, -0.2) is 18.0 Å². The summed E-state index contributed by atoms with van der Waals surface area (Å²) in [5.74, 6) is -1.94. The minimum absolute atomic E-state index is 0.0395. The average Bonchev–Trinajstić information content (AvgIpc) is 2.75. The van der Waals surface area contributed by atoms with E-state index in [0.29, 0.717) is 22.8 Å². The normalized spacial score (nSPS) is 11.2. The molecule has 184 valence electrons. The largest absolute Gasteiger partial charge is 0.478 e. The Kier molecular flexibility index (Phi) is 11.9. The van der Waals surface area contributed by atoms with E-state index in [9.17, 15) is 33.2 Å². The molecule has 2 aromatic rings. The first kappa shape index (κ1) is 28.8. The van der Waals surface area contributed by atoms with Crippen LogP contribution >= 0.6 is 11.6 Å². The van der Waals surface area contributed by atoms with Crippen molar-refractivity contribution in [3.05, 3.63) is 74.8 Å². The number of nitro groups is 1. The lowest BCUT2D eigenvalue weighted by Crippen LogP contribution is -2.18. The van der Waals surface area contributed by atoms with Gasteiger partial charge in [-0.3, -0.25) is 10.1 Å². The van der Waals surface area contributed by atoms with E-state index in [0.717, 1.165) is 6.26 Å². The number of sulfone groups is 1. The molecule has 34 heavy (non-hydrogen) atoms. The lowest BCUT2D eigenvalue weighted by molar-refractivity contribution is -0.470. The molecule has 2 rings (SSSR count). The van der Waals surface area contributed by atoms with E-state index >= 15 is 0 Å². The van der Waals surface area contributed by atoms with E-state index in [1.165, 1.54) is 18.2 Å². The van der Waals surface area contributed by atoms with Gasteiger partial charge in [0.05, 0.1) is 17.1 Å². The molecule has 0 amide bonds. The highest BCUT2D eigenvalue weighted by molar-refractivity contribution is 7.90. The molecule has 0 saturated heterocycles. The summed E-state index contributed by atoms with van der Waals surface area (Å²) in [5.41, 5.74) is 1.02. The molecule has 0 fully saturated rings. The SMILES string of the molecule is CCOCCOC(=O)C[N+](=O)[O-].CS(=O)(=O)c1ccc(/C=C(/C(=O)O)c2ccccc2Cl)cc1. The Bertz CT molecular complexity index is 1130. The molecule has 0 unspecified atom stereocenters. The third kappa shape index (κ3) is 10.6. The summed E-state index contributed by atoms with van der Waals surface area (Å²) in [6, 6.07) is 12.6. The first-order valence-electron chi connectivity index (χ1n) is 9.80. The van der Waals surface area contributed by atoms with Crippen molar-refractivity contribution < 1.29 is 37.5 Å². The Balaban J connectivity index is 0.000000411. The second-order valence-electron chi connectivity index (χ2n) is 6.59. The molecule has 0 heterocycles. The molecule has 0 radical (unpaired) electrons. The molecule has 0 aliphatic carbocycles. The van der Waals surface area contributed by atoms with Crippen LogP contribution in [-0.4, -0.2) is 63.0 Å². The van der Waals surface area contributed by atoms with Crippen LogP contribution in [0.4, 0.5) is 0 Å². The summed E-state index contributed by atoms with van der Waals surface area (Å²) in [4.78, 5) is 31.2. The van der Waals surface area contributed by atoms with Crippen LogP contribution in [0.2, 0.25) is 5.02 Å². The van der Waals surface area contributed by atoms with E-state index in [2.05, 4.69) is 4.74 Å². The van der Waals surface area contributed by atoms with Crippen molar-refractivity contribution >= 4 is 45.0 Å². The Morgan fingerprint density at radius 3 is 2.24 bits per heavy atom. The number of esters is 1. The van der Waals surface area contributed by atoms with Gasteiger partial charge in [0.1, 0.15) is 6.61 Å². The lowest BCUT2D eigenvalue weighted by atomic mass is 10.0. The van der Waals surface area contributed by atoms with Crippen molar-refractivity contribution in [3.8, 4) is 0 Å². The zero-order chi connectivity index (χ0) is 25.7. The van der Waals surface area contributed by atoms with Crippen molar-refractivity contribution in [2.24, 2.45) is 0 Å². The number of hydrogen-bond donors (Lipinski definition) is 1. The van der Waals surface area contributed by atoms with Crippen molar-refractivity contribution in [1.82, 2.24) is 0 Å². The van der Waals surface area contributed by atoms with Gasteiger partial charge in [-0.15, -0.1) is 0 Å². The number of halogens is 1. The van der Waals surface area contributed by atoms with E-state index in [4.69, 9.17) is 16.3 Å². The fourth-order valence-corrected chi connectivity index (χ4v) is 3.29. The summed E-state index contributed by atoms with van der Waals surface area (Å²) in [6.45, 7) is 1.90. The number of aliphatic carboxylic acids is 1. The first-order chi connectivity index (χ1) is 16.0. The van der Waals surface area contributed by atoms with Gasteiger partial charge in [0.15, 0.2) is 9.84 Å². The van der Waals surface area contributed by atoms with Gasteiger partial charge in [0.25, 0.3) is 6.54 Å². The smallest absolute Gasteiger partial charge is 0.378 e. The Hall–Kier alpha value is -3.28. The fraction of sp³-hybridized carbons (Fsp3) is 0.273. The monoisotopic (exact) mass is 513 g/mol. The third-order valence-corrected chi connectivity index (χ3v) is 5.42. The summed E-state index contributed by atoms with van der Waals surface area (Å²) in [7, 11) is -3.28. The second-order valence-corrected chi connectivity index (χ2v) is 9.02. The van der Waals surface area contributed by atoms with Crippen molar-refractivity contribution in [2.75, 3.05) is 32.6 Å². The number of rotatable bonds is 10. The molecule has 0 atom stereocenters. The van der Waals surface area contributed by atoms with E-state index in [-0.39, 0.29) is 23.7 Å². The molecule has 0 saturated carbocycles. The summed E-state index contributed by atoms with van der Waals surface area (Å²) >= 11 is 6.03. The van der Waals surface area contributed by atoms with Crippen LogP contribution in [0.25, 0.3) is 11.6 Å². The number of hydrogen-bond acceptors (Lipinski definition) is 8. The number of carbonyl (C=O) groups excluding carboxylic acids is 1. The van der Waals surface area contributed by atoms with E-state index in [1.807, 2.05) is 0 Å². The van der Waals surface area contributed by atoms with Gasteiger partial charge in [-0.05, 0) is 36.8 Å². The quantitative estimate of drug-likeness (QED) is 0.126. The maximum absolute atomic E-state index is 11.5. The second kappa shape index (κ2) is 14.1. The molecule has 0 aliphatic heterocycles. The van der Waals surface area contributed by atoms with Crippen LogP contribution in [0.15, 0.2) is 53.4 Å². The molecule has 10 nitrogen and oxygen atoms in total. The van der Waals surface area contributed by atoms with E-state index < -0.39 is 33.2 Å². The Morgan fingerprint density at radius 1 is 1.12 bits per heavy atom. The van der Waals surface area contributed by atoms with Gasteiger partial charge in [0.2, 0.25) is 0 Å². The van der Waals surface area contributed by atoms with E-state index in [1.54, 1.807) is 43.3 Å². The molecular weight excluding hydrogens is 490 g/mol. The number of ether oxygens (including phenoxy) is 2. The first-order valence-corrected chi connectivity index (χ1v) is 12.1. The minimum Gasteiger partial charge on any atom is -0.478 e. The minimum atomic E-state index is -3.28. The van der Waals surface area contributed by atoms with Crippen molar-refractivity contribution in [2.45, 2.75) is 11.8 Å². The maximum Gasteiger partial charge on any atom is 0.378 e. The van der Waals surface area contributed by atoms with Crippen LogP contribution in [0.1, 0.15) is 18.1 Å². The third-order valence-electron chi connectivity index (χ3n) is 3.97. The zero-order valence-corrected chi connectivity index (χ0v) is 20.0. The summed E-state index contributed by atoms with van der Waals surface area (Å²) < 4.78 is 32.1. The Morgan fingerprint density at radius 2 is 1.74 bits per heavy atom. The highest BCUT2D eigenvalue weighted by atomic mass is 35.5. The van der Waals surface area contributed by atoms with Crippen molar-refractivity contribution in [3.63, 3.8) is 0 Å². The topological polar surface area (TPSA) is 150 Å². The molecule has 2 aromatic carbocycles. The van der Waals surface area contributed by atoms with Crippen LogP contribution in [0, 0.1) is 10.1 Å². The molecular formula is C22H24ClNO9S. The van der Waals surface area contributed by atoms with Gasteiger partial charge in [0, 0.05) is 28.4 Å². The van der Waals surface area contributed by atoms with Gasteiger partial charge in [-0.2, -0.15) is 0 Å². The van der Waals surface area contributed by atoms with Gasteiger partial charge in [-0.1, -0.05) is 41.9 Å². The fourth-order valence-electron chi connectivity index (χ4n) is 2.42. The number of carboxylic acids is 1. The highest BCUT2D eigenvalue weighted by Crippen LogP contribution is 2.26. The highest BCUT2D eigenvalue weighted by Gasteiger charge is 2.14. The van der Waals surface area contributed by atoms with Crippen LogP contribution in [-0.2, 0) is 28.9 Å². The number of benzene rings is 2. The summed E-state index contributed by atoms with van der Waals surface area (Å²) in [6.07, 6.45) is 2.57. The van der Waals surface area contributed by atoms with Crippen molar-refractivity contribution in [1.29, 1.82) is 0 Å². The van der Waals surface area contributed by atoms with Gasteiger partial charge >= 0.3 is 11.9 Å². The maximum atomic E-state index is 11.5. The lowest BCUT2D eigenvalue weighted by Gasteiger charge is -2.06. The molecule has 0 spiro atoms. The number of nitrogens with zero attached hydrogens (tertiary/aromatic N) is 1. The van der Waals surface area contributed by atoms with Gasteiger partial charge < -0.3 is 14.6 Å². The Labute approximate surface area is 201 Å². The molecule has 0 aromatic heterocycles. The number of carboxylic acid groups (broad SMARTS) is 1. The average molecular weight is 514 g/mol. The molecule has 0 aliphatic rings. The molecule has 0 bridgehead atoms.